The summed E-state index contributed by atoms with van der Waals surface area (Å²) in [7, 11) is 0. The van der Waals surface area contributed by atoms with E-state index in [1.165, 1.54) is 25.1 Å². The van der Waals surface area contributed by atoms with Crippen LogP contribution < -0.4 is 5.32 Å². The van der Waals surface area contributed by atoms with E-state index in [0.717, 1.165) is 26.1 Å². The molecule has 2 N–H and O–H groups in total. The molecule has 4 rings (SSSR count). The highest BCUT2D eigenvalue weighted by atomic mass is 16.5. The zero-order valence-electron chi connectivity index (χ0n) is 12.4. The second kappa shape index (κ2) is 5.52. The first-order valence-corrected chi connectivity index (χ1v) is 8.06. The Balaban J connectivity index is 1.50. The summed E-state index contributed by atoms with van der Waals surface area (Å²) in [5.74, 6) is 0.0225. The summed E-state index contributed by atoms with van der Waals surface area (Å²) in [5.41, 5.74) is 0.102. The molecule has 1 aromatic rings. The Labute approximate surface area is 129 Å². The molecule has 1 saturated carbocycles. The van der Waals surface area contributed by atoms with Crippen molar-refractivity contribution in [3.63, 3.8) is 0 Å². The summed E-state index contributed by atoms with van der Waals surface area (Å²) in [6.45, 7) is 2.94. The van der Waals surface area contributed by atoms with E-state index in [-0.39, 0.29) is 35.5 Å². The van der Waals surface area contributed by atoms with Crippen molar-refractivity contribution in [2.45, 2.75) is 37.5 Å². The van der Waals surface area contributed by atoms with Gasteiger partial charge in [-0.2, -0.15) is 0 Å². The van der Waals surface area contributed by atoms with Crippen LogP contribution in [0.5, 0.6) is 5.75 Å². The number of amides is 1. The van der Waals surface area contributed by atoms with Gasteiger partial charge in [-0.05, 0) is 44.5 Å². The number of hydrogen-bond acceptors (Lipinski definition) is 5. The Hall–Kier alpha value is -1.66. The maximum Gasteiger partial charge on any atom is 0.274 e. The van der Waals surface area contributed by atoms with Crippen molar-refractivity contribution in [2.75, 3.05) is 19.7 Å². The molecule has 1 aromatic heterocycles. The molecule has 1 aliphatic carbocycles. The second-order valence-electron chi connectivity index (χ2n) is 6.39. The molecule has 6 nitrogen and oxygen atoms in total. The Bertz CT molecular complexity index is 569. The fraction of sp³-hybridized carbons (Fsp3) is 0.625. The van der Waals surface area contributed by atoms with Gasteiger partial charge in [-0.15, -0.1) is 0 Å². The third-order valence-electron chi connectivity index (χ3n) is 5.21. The van der Waals surface area contributed by atoms with E-state index in [1.807, 2.05) is 0 Å². The van der Waals surface area contributed by atoms with E-state index >= 15 is 0 Å². The van der Waals surface area contributed by atoms with E-state index in [4.69, 9.17) is 4.74 Å². The molecule has 2 saturated heterocycles. The predicted molar refractivity (Wildman–Crippen MR) is 79.6 cm³/mol. The maximum absolute atomic E-state index is 12.4. The Kier molecular flexibility index (Phi) is 3.50. The smallest absolute Gasteiger partial charge is 0.274 e. The zero-order chi connectivity index (χ0) is 15.1. The first kappa shape index (κ1) is 14.0. The van der Waals surface area contributed by atoms with E-state index < -0.39 is 0 Å². The molecule has 6 heteroatoms. The number of fused-ring (bicyclic) bond motifs is 1. The molecule has 3 aliphatic rings. The van der Waals surface area contributed by atoms with Gasteiger partial charge in [-0.25, -0.2) is 4.98 Å². The molecule has 4 atom stereocenters. The second-order valence-corrected chi connectivity index (χ2v) is 6.39. The Morgan fingerprint density at radius 1 is 1.41 bits per heavy atom. The van der Waals surface area contributed by atoms with E-state index in [0.29, 0.717) is 5.92 Å². The van der Waals surface area contributed by atoms with E-state index in [1.54, 1.807) is 6.07 Å². The molecule has 0 aromatic carbocycles. The van der Waals surface area contributed by atoms with Gasteiger partial charge in [-0.3, -0.25) is 9.69 Å². The number of rotatable bonds is 3. The van der Waals surface area contributed by atoms with Gasteiger partial charge in [0.25, 0.3) is 5.91 Å². The van der Waals surface area contributed by atoms with Crippen LogP contribution in [0.3, 0.4) is 0 Å². The summed E-state index contributed by atoms with van der Waals surface area (Å²) in [5, 5.41) is 12.9. The normalized spacial score (nSPS) is 34.2. The van der Waals surface area contributed by atoms with Crippen molar-refractivity contribution in [1.29, 1.82) is 0 Å². The minimum atomic E-state index is -0.294. The van der Waals surface area contributed by atoms with Crippen LogP contribution in [-0.2, 0) is 4.74 Å². The van der Waals surface area contributed by atoms with Gasteiger partial charge >= 0.3 is 0 Å². The molecule has 1 amide bonds. The third-order valence-corrected chi connectivity index (χ3v) is 5.21. The summed E-state index contributed by atoms with van der Waals surface area (Å²) in [6, 6.07) is 3.47. The molecule has 0 radical (unpaired) electrons. The lowest BCUT2D eigenvalue weighted by molar-refractivity contribution is -0.0748. The van der Waals surface area contributed by atoms with Gasteiger partial charge in [0, 0.05) is 18.7 Å². The molecular formula is C16H21N3O3. The van der Waals surface area contributed by atoms with Gasteiger partial charge in [0.15, 0.2) is 5.69 Å². The highest BCUT2D eigenvalue weighted by Crippen LogP contribution is 2.43. The molecule has 3 fully saturated rings. The highest BCUT2D eigenvalue weighted by molar-refractivity contribution is 5.95. The quantitative estimate of drug-likeness (QED) is 0.863. The number of nitrogens with one attached hydrogen (secondary N) is 1. The monoisotopic (exact) mass is 303 g/mol. The molecule has 22 heavy (non-hydrogen) atoms. The third kappa shape index (κ3) is 2.18. The van der Waals surface area contributed by atoms with Crippen LogP contribution in [0.2, 0.25) is 0 Å². The molecule has 3 heterocycles. The van der Waals surface area contributed by atoms with Crippen LogP contribution in [0, 0.1) is 5.92 Å². The number of pyridine rings is 1. The largest absolute Gasteiger partial charge is 0.505 e. The number of aromatic hydroxyl groups is 1. The van der Waals surface area contributed by atoms with Crippen molar-refractivity contribution in [3.8, 4) is 5.75 Å². The van der Waals surface area contributed by atoms with Gasteiger partial charge in [0.05, 0.1) is 18.2 Å². The Morgan fingerprint density at radius 3 is 3.00 bits per heavy atom. The maximum atomic E-state index is 12.4. The Morgan fingerprint density at radius 2 is 2.23 bits per heavy atom. The number of nitrogens with zero attached hydrogens (tertiary/aromatic N) is 2. The van der Waals surface area contributed by atoms with Crippen LogP contribution in [0.15, 0.2) is 18.3 Å². The van der Waals surface area contributed by atoms with E-state index in [2.05, 4.69) is 15.2 Å². The standard InChI is InChI=1S/C16H21N3O3/c20-11-4-3-6-17-13(11)16(21)18-12-10-5-9-22-15(10)14(12)19-7-1-2-8-19/h3-4,6,10,12,14-15,20H,1-2,5,7-9H2,(H,18,21)/t10-,12+,14-,15-/m0/s1. The average molecular weight is 303 g/mol. The van der Waals surface area contributed by atoms with Crippen molar-refractivity contribution in [3.05, 3.63) is 24.0 Å². The van der Waals surface area contributed by atoms with Crippen LogP contribution >= 0.6 is 0 Å². The van der Waals surface area contributed by atoms with E-state index in [9.17, 15) is 9.90 Å². The van der Waals surface area contributed by atoms with Gasteiger partial charge in [-0.1, -0.05) is 0 Å². The van der Waals surface area contributed by atoms with Crippen molar-refractivity contribution < 1.29 is 14.6 Å². The first-order chi connectivity index (χ1) is 10.8. The van der Waals surface area contributed by atoms with Gasteiger partial charge in [0.1, 0.15) is 5.75 Å². The van der Waals surface area contributed by atoms with Gasteiger partial charge < -0.3 is 15.2 Å². The number of hydrogen-bond donors (Lipinski definition) is 2. The lowest BCUT2D eigenvalue weighted by Gasteiger charge is -2.51. The summed E-state index contributed by atoms with van der Waals surface area (Å²) < 4.78 is 5.86. The number of ether oxygens (including phenoxy) is 1. The molecule has 2 aliphatic heterocycles. The van der Waals surface area contributed by atoms with Crippen LogP contribution in [0.1, 0.15) is 29.8 Å². The molecule has 0 bridgehead atoms. The van der Waals surface area contributed by atoms with Gasteiger partial charge in [0.2, 0.25) is 0 Å². The SMILES string of the molecule is O=C(N[C@@H]1[C@@H]2CCO[C@@H]2[C@H]1N1CCCC1)c1ncccc1O. The fourth-order valence-corrected chi connectivity index (χ4v) is 4.13. The first-order valence-electron chi connectivity index (χ1n) is 8.06. The summed E-state index contributed by atoms with van der Waals surface area (Å²) in [4.78, 5) is 18.9. The van der Waals surface area contributed by atoms with Crippen LogP contribution in [-0.4, -0.2) is 58.8 Å². The number of carbonyl (C=O) groups is 1. The molecule has 118 valence electrons. The number of carbonyl (C=O) groups excluding carboxylic acids is 1. The highest BCUT2D eigenvalue weighted by Gasteiger charge is 2.56. The van der Waals surface area contributed by atoms with Crippen molar-refractivity contribution in [2.24, 2.45) is 5.92 Å². The van der Waals surface area contributed by atoms with Crippen molar-refractivity contribution in [1.82, 2.24) is 15.2 Å². The molecule has 0 unspecified atom stereocenters. The molecule has 0 spiro atoms. The fourth-order valence-electron chi connectivity index (χ4n) is 4.13. The van der Waals surface area contributed by atoms with Crippen molar-refractivity contribution >= 4 is 5.91 Å². The summed E-state index contributed by atoms with van der Waals surface area (Å²) in [6.07, 6.45) is 5.20. The van der Waals surface area contributed by atoms with Crippen LogP contribution in [0.4, 0.5) is 0 Å². The lowest BCUT2D eigenvalue weighted by atomic mass is 9.70. The minimum absolute atomic E-state index is 0.0729. The number of likely N-dealkylation sites (tertiary alicyclic amines) is 1. The zero-order valence-corrected chi connectivity index (χ0v) is 12.4. The number of aromatic nitrogens is 1. The van der Waals surface area contributed by atoms with Crippen LogP contribution in [0.25, 0.3) is 0 Å². The topological polar surface area (TPSA) is 74.7 Å². The average Bonchev–Trinajstić information content (AvgIpc) is 3.16. The minimum Gasteiger partial charge on any atom is -0.505 e. The molecular weight excluding hydrogens is 282 g/mol. The predicted octanol–water partition coefficient (Wildman–Crippen LogP) is 0.769. The lowest BCUT2D eigenvalue weighted by Crippen LogP contribution is -2.70. The summed E-state index contributed by atoms with van der Waals surface area (Å²) >= 11 is 0.